The van der Waals surface area contributed by atoms with Crippen LogP contribution in [0.15, 0.2) is 0 Å². The van der Waals surface area contributed by atoms with Crippen molar-refractivity contribution in [3.05, 3.63) is 0 Å². The minimum Gasteiger partial charge on any atom is -0.460 e. The maximum Gasteiger partial charge on any atom is 0.312 e. The number of cyclic esters (lactones) is 1. The largest absolute Gasteiger partial charge is 0.460 e. The lowest BCUT2D eigenvalue weighted by Gasteiger charge is -2.63. The molecule has 0 aromatic carbocycles. The van der Waals surface area contributed by atoms with Crippen LogP contribution >= 0.6 is 0 Å². The Morgan fingerprint density at radius 2 is 1.50 bits per heavy atom. The van der Waals surface area contributed by atoms with Gasteiger partial charge in [-0.25, -0.2) is 0 Å². The molecule has 0 aromatic rings. The van der Waals surface area contributed by atoms with E-state index in [0.717, 1.165) is 0 Å². The molecule has 1 N–H and O–H groups in total. The summed E-state index contributed by atoms with van der Waals surface area (Å²) < 4.78 is 23.2. The minimum atomic E-state index is -1.09. The van der Waals surface area contributed by atoms with Crippen molar-refractivity contribution in [3.63, 3.8) is 0 Å². The highest BCUT2D eigenvalue weighted by atomic mass is 16.6. The lowest BCUT2D eigenvalue weighted by molar-refractivity contribution is -0.254. The molecule has 1 aliphatic heterocycles. The second-order valence-corrected chi connectivity index (χ2v) is 15.7. The number of hydrogen-bond acceptors (Lipinski definition) is 9. The van der Waals surface area contributed by atoms with Gasteiger partial charge in [0.2, 0.25) is 0 Å². The molecule has 0 amide bonds. The van der Waals surface area contributed by atoms with Gasteiger partial charge in [0, 0.05) is 12.8 Å². The molecule has 0 radical (unpaired) electrons. The van der Waals surface area contributed by atoms with Crippen molar-refractivity contribution < 1.29 is 43.2 Å². The number of ether oxygens (including phenoxy) is 4. The highest BCUT2D eigenvalue weighted by Gasteiger charge is 2.68. The van der Waals surface area contributed by atoms with Crippen LogP contribution in [0, 0.1) is 22.2 Å². The third-order valence-electron chi connectivity index (χ3n) is 9.54. The maximum absolute atomic E-state index is 13.9. The molecule has 1 saturated heterocycles. The Morgan fingerprint density at radius 3 is 1.98 bits per heavy atom. The average molecular weight is 629 g/mol. The van der Waals surface area contributed by atoms with Crippen molar-refractivity contribution in [2.45, 2.75) is 178 Å². The van der Waals surface area contributed by atoms with Crippen LogP contribution in [0.1, 0.15) is 150 Å². The molecule has 44 heavy (non-hydrogen) atoms. The van der Waals surface area contributed by atoms with E-state index in [0.29, 0.717) is 44.9 Å². The topological polar surface area (TPSA) is 125 Å². The van der Waals surface area contributed by atoms with Crippen molar-refractivity contribution >= 4 is 23.9 Å². The zero-order valence-electron chi connectivity index (χ0n) is 25.7. The summed E-state index contributed by atoms with van der Waals surface area (Å²) in [5, 5.41) is 11.5. The van der Waals surface area contributed by atoms with Crippen molar-refractivity contribution in [2.24, 2.45) is 22.2 Å². The van der Waals surface area contributed by atoms with E-state index < -0.39 is 62.7 Å². The summed E-state index contributed by atoms with van der Waals surface area (Å²) in [6, 6.07) is 0. The van der Waals surface area contributed by atoms with Gasteiger partial charge in [0.1, 0.15) is 16.8 Å². The van der Waals surface area contributed by atoms with Crippen molar-refractivity contribution in [3.8, 4) is 0 Å². The molecule has 4 bridgehead atoms. The quantitative estimate of drug-likeness (QED) is 0.217. The van der Waals surface area contributed by atoms with Gasteiger partial charge in [-0.3, -0.25) is 19.2 Å². The fourth-order valence-corrected chi connectivity index (χ4v) is 8.01. The number of rotatable bonds is 8. The maximum atomic E-state index is 13.9. The molecule has 6 atom stereocenters. The van der Waals surface area contributed by atoms with Crippen molar-refractivity contribution in [2.75, 3.05) is 0 Å². The van der Waals surface area contributed by atoms with Gasteiger partial charge in [0.05, 0.1) is 28.3 Å². The highest BCUT2D eigenvalue weighted by Crippen LogP contribution is 2.65. The monoisotopic (exact) mass is 628 g/mol. The van der Waals surface area contributed by atoms with Crippen LogP contribution in [0.5, 0.6) is 0 Å². The molecule has 6 unspecified atom stereocenters. The number of hydrogen-bond donors (Lipinski definition) is 1. The highest BCUT2D eigenvalue weighted by molar-refractivity contribution is 5.82. The molecule has 258 valence electrons. The lowest BCUT2D eigenvalue weighted by Crippen LogP contribution is -2.67. The predicted octanol–water partition coefficient (Wildman–Crippen LogP) is 7.34. The molecule has 5 fully saturated rings. The predicted molar refractivity (Wildman–Crippen MR) is 172 cm³/mol. The van der Waals surface area contributed by atoms with E-state index in [-0.39, 0.29) is 54.4 Å². The number of esters is 4. The van der Waals surface area contributed by atoms with Gasteiger partial charge in [-0.15, -0.1) is 0 Å². The van der Waals surface area contributed by atoms with E-state index in [1.165, 1.54) is 0 Å². The summed E-state index contributed by atoms with van der Waals surface area (Å²) in [7, 11) is 0. The molecule has 5 rings (SSSR count). The molecule has 0 aromatic heterocycles. The van der Waals surface area contributed by atoms with E-state index in [1.807, 2.05) is 27.7 Å². The molecule has 5 aliphatic rings. The Hall–Kier alpha value is -2.16. The Morgan fingerprint density at radius 1 is 0.909 bits per heavy atom. The Labute approximate surface area is 267 Å². The number of carbonyl (C=O) groups is 4. The van der Waals surface area contributed by atoms with Crippen LogP contribution in [0.2, 0.25) is 0 Å². The van der Waals surface area contributed by atoms with Crippen LogP contribution in [-0.4, -0.2) is 57.5 Å². The van der Waals surface area contributed by atoms with Crippen LogP contribution in [0.3, 0.4) is 0 Å². The first-order valence-corrected chi connectivity index (χ1v) is 14.7. The molecule has 4 saturated carbocycles. The summed E-state index contributed by atoms with van der Waals surface area (Å²) in [4.78, 5) is 52.5. The fraction of sp³-hybridized carbons (Fsp3) is 0.886. The molecule has 9 heteroatoms. The average Bonchev–Trinajstić information content (AvgIpc) is 3.00. The van der Waals surface area contributed by atoms with Crippen LogP contribution in [0.25, 0.3) is 0 Å². The Balaban J connectivity index is 0.00000462. The van der Waals surface area contributed by atoms with Crippen LogP contribution < -0.4 is 0 Å². The third kappa shape index (κ3) is 7.97. The van der Waals surface area contributed by atoms with Crippen LogP contribution in [-0.2, 0) is 38.1 Å². The molecule has 1 heterocycles. The summed E-state index contributed by atoms with van der Waals surface area (Å²) in [5.41, 5.74) is -6.60. The summed E-state index contributed by atoms with van der Waals surface area (Å²) in [6.07, 6.45) is 2.62. The van der Waals surface area contributed by atoms with Gasteiger partial charge < -0.3 is 24.1 Å². The van der Waals surface area contributed by atoms with E-state index in [1.54, 1.807) is 34.6 Å². The normalized spacial score (nSPS) is 32.7. The minimum absolute atomic E-state index is 0. The van der Waals surface area contributed by atoms with Gasteiger partial charge >= 0.3 is 23.9 Å². The molecule has 9 nitrogen and oxygen atoms in total. The lowest BCUT2D eigenvalue weighted by atomic mass is 9.46. The molecular formula is C35H64O9. The Kier molecular flexibility index (Phi) is 12.3. The first kappa shape index (κ1) is 41.8. The number of aliphatic hydroxyl groups is 1. The Bertz CT molecular complexity index is 1090. The van der Waals surface area contributed by atoms with Crippen molar-refractivity contribution in [1.29, 1.82) is 0 Å². The first-order chi connectivity index (χ1) is 18.1. The van der Waals surface area contributed by atoms with Crippen molar-refractivity contribution in [1.82, 2.24) is 0 Å². The van der Waals surface area contributed by atoms with E-state index in [9.17, 15) is 24.3 Å². The van der Waals surface area contributed by atoms with Gasteiger partial charge in [0.15, 0.2) is 6.10 Å². The van der Waals surface area contributed by atoms with E-state index >= 15 is 0 Å². The first-order valence-electron chi connectivity index (χ1n) is 14.7. The van der Waals surface area contributed by atoms with Gasteiger partial charge in [-0.2, -0.15) is 0 Å². The van der Waals surface area contributed by atoms with Gasteiger partial charge in [0.25, 0.3) is 0 Å². The summed E-state index contributed by atoms with van der Waals surface area (Å²) in [6.45, 7) is 16.0. The zero-order chi connectivity index (χ0) is 30.2. The number of carbonyl (C=O) groups excluding carboxylic acids is 4. The second kappa shape index (κ2) is 12.9. The third-order valence-corrected chi connectivity index (χ3v) is 9.54. The fourth-order valence-electron chi connectivity index (χ4n) is 8.01. The second-order valence-electron chi connectivity index (χ2n) is 15.7. The molecule has 0 spiro atoms. The SMILES string of the molecule is C.C.C.C.CCC(C)(CC(C)(C)C(=O)OC1CC(=O)OC1(C)C)C(=O)OC12CC3CC(O)(C1)CC(C(=O)OC(C)(C)C)(C3)C2. The molecule has 4 aliphatic carbocycles. The zero-order valence-corrected chi connectivity index (χ0v) is 25.7. The van der Waals surface area contributed by atoms with Gasteiger partial charge in [-0.05, 0) is 99.8 Å². The van der Waals surface area contributed by atoms with Crippen LogP contribution in [0.4, 0.5) is 0 Å². The molecular weight excluding hydrogens is 564 g/mol. The van der Waals surface area contributed by atoms with E-state index in [4.69, 9.17) is 18.9 Å². The smallest absolute Gasteiger partial charge is 0.312 e. The summed E-state index contributed by atoms with van der Waals surface area (Å²) in [5.74, 6) is -1.64. The van der Waals surface area contributed by atoms with Gasteiger partial charge in [-0.1, -0.05) is 36.6 Å². The van der Waals surface area contributed by atoms with E-state index in [2.05, 4.69) is 0 Å². The standard InChI is InChI=1S/C31H48O9.4CH4/c1-10-28(9,15-26(5,6)22(33)37-20-11-21(32)38-27(20,7)8)23(34)40-31-14-19-12-29(17-31,16-30(36,13-19)18-31)24(35)39-25(2,3)4;;;;/h19-20,36H,10-18H2,1-9H3;4*1H4. The summed E-state index contributed by atoms with van der Waals surface area (Å²) >= 11 is 0.